The predicted octanol–water partition coefficient (Wildman–Crippen LogP) is 1.59. The summed E-state index contributed by atoms with van der Waals surface area (Å²) in [7, 11) is 1.85. The smallest absolute Gasteiger partial charge is 0.123 e. The first-order valence-electron chi connectivity index (χ1n) is 5.96. The van der Waals surface area contributed by atoms with E-state index >= 15 is 0 Å². The van der Waals surface area contributed by atoms with Gasteiger partial charge in [-0.25, -0.2) is 4.39 Å². The maximum absolute atomic E-state index is 12.9. The second kappa shape index (κ2) is 5.73. The third-order valence-electron chi connectivity index (χ3n) is 2.83. The van der Waals surface area contributed by atoms with Crippen LogP contribution in [0.25, 0.3) is 0 Å². The van der Waals surface area contributed by atoms with Crippen LogP contribution in [0.4, 0.5) is 4.39 Å². The molecule has 1 heterocycles. The van der Waals surface area contributed by atoms with Crippen LogP contribution in [0.2, 0.25) is 0 Å². The maximum Gasteiger partial charge on any atom is 0.123 e. The number of hydrogen-bond donors (Lipinski definition) is 1. The van der Waals surface area contributed by atoms with E-state index in [0.29, 0.717) is 6.54 Å². The lowest BCUT2D eigenvalue weighted by molar-refractivity contribution is 0.624. The molecule has 0 saturated carbocycles. The molecular weight excluding hydrogens is 231 g/mol. The summed E-state index contributed by atoms with van der Waals surface area (Å²) >= 11 is 0. The van der Waals surface area contributed by atoms with Gasteiger partial charge in [-0.05, 0) is 43.1 Å². The van der Waals surface area contributed by atoms with Gasteiger partial charge >= 0.3 is 0 Å². The van der Waals surface area contributed by atoms with Gasteiger partial charge in [-0.15, -0.1) is 5.10 Å². The first-order valence-corrected chi connectivity index (χ1v) is 5.96. The van der Waals surface area contributed by atoms with Gasteiger partial charge in [0.2, 0.25) is 0 Å². The number of nitrogens with zero attached hydrogens (tertiary/aromatic N) is 3. The Morgan fingerprint density at radius 1 is 1.39 bits per heavy atom. The highest BCUT2D eigenvalue weighted by Gasteiger charge is 2.01. The predicted molar refractivity (Wildman–Crippen MR) is 67.6 cm³/mol. The average Bonchev–Trinajstić information content (AvgIpc) is 2.73. The van der Waals surface area contributed by atoms with Crippen molar-refractivity contribution >= 4 is 0 Å². The monoisotopic (exact) mass is 248 g/mol. The Hall–Kier alpha value is -1.75. The SMILES string of the molecule is Cc1cc(F)ccc1CCNCc1cn(C)nn1. The Balaban J connectivity index is 1.78. The zero-order valence-electron chi connectivity index (χ0n) is 10.7. The third-order valence-corrected chi connectivity index (χ3v) is 2.83. The number of benzene rings is 1. The van der Waals surface area contributed by atoms with E-state index in [2.05, 4.69) is 15.6 Å². The second-order valence-corrected chi connectivity index (χ2v) is 4.38. The van der Waals surface area contributed by atoms with Gasteiger partial charge in [0, 0.05) is 19.8 Å². The van der Waals surface area contributed by atoms with Gasteiger partial charge in [0.1, 0.15) is 5.82 Å². The van der Waals surface area contributed by atoms with E-state index in [1.807, 2.05) is 26.2 Å². The molecule has 0 bridgehead atoms. The molecule has 96 valence electrons. The minimum absolute atomic E-state index is 0.177. The second-order valence-electron chi connectivity index (χ2n) is 4.38. The zero-order valence-corrected chi connectivity index (χ0v) is 10.7. The Labute approximate surface area is 106 Å². The highest BCUT2D eigenvalue weighted by molar-refractivity contribution is 5.26. The molecule has 0 atom stereocenters. The van der Waals surface area contributed by atoms with Crippen molar-refractivity contribution < 1.29 is 4.39 Å². The van der Waals surface area contributed by atoms with Crippen LogP contribution in [-0.4, -0.2) is 21.5 Å². The van der Waals surface area contributed by atoms with E-state index in [4.69, 9.17) is 0 Å². The molecule has 0 spiro atoms. The molecule has 18 heavy (non-hydrogen) atoms. The molecule has 2 rings (SSSR count). The van der Waals surface area contributed by atoms with Crippen LogP contribution in [-0.2, 0) is 20.0 Å². The molecule has 0 aliphatic rings. The summed E-state index contributed by atoms with van der Waals surface area (Å²) in [6.45, 7) is 3.47. The van der Waals surface area contributed by atoms with Crippen molar-refractivity contribution in [3.05, 3.63) is 47.0 Å². The summed E-state index contributed by atoms with van der Waals surface area (Å²) in [4.78, 5) is 0. The van der Waals surface area contributed by atoms with Crippen LogP contribution in [0, 0.1) is 12.7 Å². The van der Waals surface area contributed by atoms with Crippen LogP contribution in [0.1, 0.15) is 16.8 Å². The van der Waals surface area contributed by atoms with E-state index in [0.717, 1.165) is 24.2 Å². The summed E-state index contributed by atoms with van der Waals surface area (Å²) in [5, 5.41) is 11.1. The Morgan fingerprint density at radius 3 is 2.89 bits per heavy atom. The Kier molecular flexibility index (Phi) is 4.04. The zero-order chi connectivity index (χ0) is 13.0. The van der Waals surface area contributed by atoms with E-state index in [1.165, 1.54) is 11.6 Å². The number of aryl methyl sites for hydroxylation is 2. The molecule has 4 nitrogen and oxygen atoms in total. The maximum atomic E-state index is 12.9. The van der Waals surface area contributed by atoms with E-state index in [-0.39, 0.29) is 5.82 Å². The topological polar surface area (TPSA) is 42.7 Å². The van der Waals surface area contributed by atoms with Crippen molar-refractivity contribution in [2.24, 2.45) is 7.05 Å². The molecule has 0 aliphatic heterocycles. The minimum Gasteiger partial charge on any atom is -0.311 e. The molecule has 0 radical (unpaired) electrons. The summed E-state index contributed by atoms with van der Waals surface area (Å²) in [5.74, 6) is -0.177. The minimum atomic E-state index is -0.177. The number of rotatable bonds is 5. The summed E-state index contributed by atoms with van der Waals surface area (Å²) < 4.78 is 14.6. The normalized spacial score (nSPS) is 10.8. The molecular formula is C13H17FN4. The molecule has 0 saturated heterocycles. The molecule has 2 aromatic rings. The third kappa shape index (κ3) is 3.37. The van der Waals surface area contributed by atoms with Crippen LogP contribution in [0.3, 0.4) is 0 Å². The number of aromatic nitrogens is 3. The fourth-order valence-corrected chi connectivity index (χ4v) is 1.86. The molecule has 1 aromatic heterocycles. The Morgan fingerprint density at radius 2 is 2.22 bits per heavy atom. The van der Waals surface area contributed by atoms with Gasteiger partial charge in [-0.3, -0.25) is 4.68 Å². The van der Waals surface area contributed by atoms with Crippen LogP contribution < -0.4 is 5.32 Å². The quantitative estimate of drug-likeness (QED) is 0.817. The summed E-state index contributed by atoms with van der Waals surface area (Å²) in [6.07, 6.45) is 2.77. The first-order chi connectivity index (χ1) is 8.65. The lowest BCUT2D eigenvalue weighted by Crippen LogP contribution is -2.17. The van der Waals surface area contributed by atoms with E-state index in [9.17, 15) is 4.39 Å². The van der Waals surface area contributed by atoms with Crippen LogP contribution in [0.5, 0.6) is 0 Å². The molecule has 0 unspecified atom stereocenters. The van der Waals surface area contributed by atoms with Crippen molar-refractivity contribution in [1.29, 1.82) is 0 Å². The van der Waals surface area contributed by atoms with Gasteiger partial charge in [0.05, 0.1) is 5.69 Å². The van der Waals surface area contributed by atoms with Crippen LogP contribution in [0.15, 0.2) is 24.4 Å². The van der Waals surface area contributed by atoms with Crippen molar-refractivity contribution in [2.75, 3.05) is 6.54 Å². The van der Waals surface area contributed by atoms with Crippen molar-refractivity contribution in [1.82, 2.24) is 20.3 Å². The lowest BCUT2D eigenvalue weighted by atomic mass is 10.1. The number of halogens is 1. The van der Waals surface area contributed by atoms with Gasteiger partial charge in [-0.1, -0.05) is 11.3 Å². The molecule has 1 N–H and O–H groups in total. The van der Waals surface area contributed by atoms with Gasteiger partial charge in [-0.2, -0.15) is 0 Å². The molecule has 0 amide bonds. The standard InChI is InChI=1S/C13H17FN4/c1-10-7-12(14)4-3-11(10)5-6-15-8-13-9-18(2)17-16-13/h3-4,7,9,15H,5-6,8H2,1-2H3. The fraction of sp³-hybridized carbons (Fsp3) is 0.385. The van der Waals surface area contributed by atoms with Gasteiger partial charge < -0.3 is 5.32 Å². The average molecular weight is 248 g/mol. The fourth-order valence-electron chi connectivity index (χ4n) is 1.86. The number of hydrogen-bond acceptors (Lipinski definition) is 3. The van der Waals surface area contributed by atoms with Crippen molar-refractivity contribution in [2.45, 2.75) is 19.9 Å². The van der Waals surface area contributed by atoms with Crippen LogP contribution >= 0.6 is 0 Å². The molecule has 0 aliphatic carbocycles. The largest absolute Gasteiger partial charge is 0.311 e. The first kappa shape index (κ1) is 12.7. The van der Waals surface area contributed by atoms with Gasteiger partial charge in [0.25, 0.3) is 0 Å². The van der Waals surface area contributed by atoms with E-state index in [1.54, 1.807) is 10.7 Å². The van der Waals surface area contributed by atoms with Gasteiger partial charge in [0.15, 0.2) is 0 Å². The molecule has 1 aromatic carbocycles. The van der Waals surface area contributed by atoms with Crippen molar-refractivity contribution in [3.8, 4) is 0 Å². The van der Waals surface area contributed by atoms with Crippen molar-refractivity contribution in [3.63, 3.8) is 0 Å². The lowest BCUT2D eigenvalue weighted by Gasteiger charge is -2.06. The highest BCUT2D eigenvalue weighted by atomic mass is 19.1. The summed E-state index contributed by atoms with van der Waals surface area (Å²) in [6, 6.07) is 4.91. The Bertz CT molecular complexity index is 521. The highest BCUT2D eigenvalue weighted by Crippen LogP contribution is 2.10. The van der Waals surface area contributed by atoms with E-state index < -0.39 is 0 Å². The molecule has 0 fully saturated rings. The summed E-state index contributed by atoms with van der Waals surface area (Å²) in [5.41, 5.74) is 3.09. The number of nitrogens with one attached hydrogen (secondary N) is 1. The molecule has 5 heteroatoms.